The smallest absolute Gasteiger partial charge is 0.110 e. The van der Waals surface area contributed by atoms with E-state index in [-0.39, 0.29) is 0 Å². The third kappa shape index (κ3) is 3.34. The van der Waals surface area contributed by atoms with Crippen LogP contribution in [0.1, 0.15) is 36.9 Å². The number of allylic oxidation sites excluding steroid dienone is 1. The van der Waals surface area contributed by atoms with E-state index < -0.39 is 0 Å². The van der Waals surface area contributed by atoms with Gasteiger partial charge in [-0.3, -0.25) is 0 Å². The van der Waals surface area contributed by atoms with E-state index in [1.54, 1.807) is 0 Å². The van der Waals surface area contributed by atoms with Crippen LogP contribution in [0.5, 0.6) is 0 Å². The van der Waals surface area contributed by atoms with Crippen LogP contribution in [0.2, 0.25) is 0 Å². The minimum atomic E-state index is 0.325. The molecule has 1 aliphatic rings. The molecule has 0 aromatic heterocycles. The van der Waals surface area contributed by atoms with Crippen LogP contribution >= 0.6 is 0 Å². The van der Waals surface area contributed by atoms with Crippen LogP contribution in [0.4, 0.5) is 0 Å². The fourth-order valence-corrected chi connectivity index (χ4v) is 2.23. The molecule has 0 saturated carbocycles. The van der Waals surface area contributed by atoms with E-state index in [4.69, 9.17) is 4.74 Å². The van der Waals surface area contributed by atoms with Crippen LogP contribution < -0.4 is 5.32 Å². The number of aryl methyl sites for hydroxylation is 1. The van der Waals surface area contributed by atoms with E-state index in [9.17, 15) is 0 Å². The molecule has 0 bridgehead atoms. The summed E-state index contributed by atoms with van der Waals surface area (Å²) in [5.74, 6) is 0. The van der Waals surface area contributed by atoms with Crippen molar-refractivity contribution in [1.82, 2.24) is 5.32 Å². The van der Waals surface area contributed by atoms with Gasteiger partial charge >= 0.3 is 0 Å². The first-order valence-corrected chi connectivity index (χ1v) is 6.37. The first kappa shape index (κ1) is 12.2. The van der Waals surface area contributed by atoms with E-state index in [1.165, 1.54) is 11.1 Å². The number of hydrogen-bond donors (Lipinski definition) is 1. The number of nitrogens with one attached hydrogen (secondary N) is 1. The van der Waals surface area contributed by atoms with Crippen molar-refractivity contribution in [3.05, 3.63) is 47.7 Å². The van der Waals surface area contributed by atoms with Crippen molar-refractivity contribution in [3.8, 4) is 0 Å². The van der Waals surface area contributed by atoms with Crippen molar-refractivity contribution in [2.24, 2.45) is 0 Å². The van der Waals surface area contributed by atoms with Gasteiger partial charge in [0.25, 0.3) is 0 Å². The highest BCUT2D eigenvalue weighted by Crippen LogP contribution is 2.17. The second-order valence-electron chi connectivity index (χ2n) is 4.69. The molecule has 0 amide bonds. The van der Waals surface area contributed by atoms with Gasteiger partial charge in [-0.05, 0) is 43.9 Å². The monoisotopic (exact) mass is 231 g/mol. The summed E-state index contributed by atoms with van der Waals surface area (Å²) in [6, 6.07) is 8.91. The minimum Gasteiger partial charge on any atom is -0.497 e. The van der Waals surface area contributed by atoms with E-state index >= 15 is 0 Å². The Kier molecular flexibility index (Phi) is 4.21. The molecule has 1 heterocycles. The zero-order valence-corrected chi connectivity index (χ0v) is 10.6. The number of benzene rings is 1. The van der Waals surface area contributed by atoms with Gasteiger partial charge in [0.05, 0.1) is 6.26 Å². The molecule has 0 radical (unpaired) electrons. The fraction of sp³-hybridized carbons (Fsp3) is 0.467. The second kappa shape index (κ2) is 5.87. The average Bonchev–Trinajstić information content (AvgIpc) is 2.38. The van der Waals surface area contributed by atoms with E-state index in [2.05, 4.69) is 49.5 Å². The summed E-state index contributed by atoms with van der Waals surface area (Å²) in [4.78, 5) is 0. The maximum atomic E-state index is 5.55. The van der Waals surface area contributed by atoms with E-state index in [1.807, 2.05) is 6.26 Å². The highest BCUT2D eigenvalue weighted by Gasteiger charge is 2.13. The summed E-state index contributed by atoms with van der Waals surface area (Å²) < 4.78 is 5.55. The molecule has 1 aromatic carbocycles. The molecule has 0 spiro atoms. The van der Waals surface area contributed by atoms with Crippen LogP contribution in [-0.2, 0) is 4.74 Å². The molecule has 2 nitrogen and oxygen atoms in total. The molecule has 2 atom stereocenters. The molecule has 2 rings (SSSR count). The average molecular weight is 231 g/mol. The van der Waals surface area contributed by atoms with Crippen molar-refractivity contribution in [2.45, 2.75) is 38.8 Å². The quantitative estimate of drug-likeness (QED) is 0.858. The Labute approximate surface area is 104 Å². The largest absolute Gasteiger partial charge is 0.497 e. The molecular formula is C15H21NO. The Morgan fingerprint density at radius 3 is 2.94 bits per heavy atom. The maximum absolute atomic E-state index is 5.55. The summed E-state index contributed by atoms with van der Waals surface area (Å²) >= 11 is 0. The van der Waals surface area contributed by atoms with Crippen LogP contribution in [0.3, 0.4) is 0 Å². The van der Waals surface area contributed by atoms with Gasteiger partial charge in [0.15, 0.2) is 0 Å². The molecular weight excluding hydrogens is 210 g/mol. The summed E-state index contributed by atoms with van der Waals surface area (Å²) in [6.07, 6.45) is 6.48. The molecule has 1 N–H and O–H groups in total. The topological polar surface area (TPSA) is 21.3 Å². The van der Waals surface area contributed by atoms with Gasteiger partial charge in [-0.25, -0.2) is 0 Å². The molecule has 92 valence electrons. The third-order valence-corrected chi connectivity index (χ3v) is 3.33. The predicted molar refractivity (Wildman–Crippen MR) is 70.8 cm³/mol. The van der Waals surface area contributed by atoms with Gasteiger partial charge in [-0.15, -0.1) is 0 Å². The molecule has 1 aromatic rings. The van der Waals surface area contributed by atoms with Crippen LogP contribution in [0, 0.1) is 6.92 Å². The lowest BCUT2D eigenvalue weighted by atomic mass is 10.0. The Hall–Kier alpha value is -1.28. The van der Waals surface area contributed by atoms with Gasteiger partial charge < -0.3 is 10.1 Å². The first-order chi connectivity index (χ1) is 8.27. The Bertz CT molecular complexity index is 386. The second-order valence-corrected chi connectivity index (χ2v) is 4.69. The zero-order valence-electron chi connectivity index (χ0n) is 10.6. The standard InChI is InChI=1S/C15H21NO/c1-12-7-3-4-9-15(12)13(2)16-11-14-8-5-6-10-17-14/h3-4,6-7,9-10,13-14,16H,5,8,11H2,1-2H3. The Morgan fingerprint density at radius 1 is 1.41 bits per heavy atom. The van der Waals surface area contributed by atoms with Crippen molar-refractivity contribution < 1.29 is 4.74 Å². The number of hydrogen-bond acceptors (Lipinski definition) is 2. The molecule has 2 unspecified atom stereocenters. The first-order valence-electron chi connectivity index (χ1n) is 6.37. The highest BCUT2D eigenvalue weighted by molar-refractivity contribution is 5.28. The van der Waals surface area contributed by atoms with Gasteiger partial charge in [0.2, 0.25) is 0 Å². The Morgan fingerprint density at radius 2 is 2.24 bits per heavy atom. The van der Waals surface area contributed by atoms with Gasteiger partial charge in [0.1, 0.15) is 6.10 Å². The van der Waals surface area contributed by atoms with Crippen molar-refractivity contribution in [1.29, 1.82) is 0 Å². The highest BCUT2D eigenvalue weighted by atomic mass is 16.5. The zero-order chi connectivity index (χ0) is 12.1. The summed E-state index contributed by atoms with van der Waals surface area (Å²) in [5, 5.41) is 3.55. The van der Waals surface area contributed by atoms with Crippen molar-refractivity contribution >= 4 is 0 Å². The van der Waals surface area contributed by atoms with Gasteiger partial charge in [-0.1, -0.05) is 24.3 Å². The van der Waals surface area contributed by atoms with Crippen molar-refractivity contribution in [3.63, 3.8) is 0 Å². The molecule has 1 aliphatic heterocycles. The summed E-state index contributed by atoms with van der Waals surface area (Å²) in [7, 11) is 0. The summed E-state index contributed by atoms with van der Waals surface area (Å²) in [5.41, 5.74) is 2.72. The Balaban J connectivity index is 1.87. The lowest BCUT2D eigenvalue weighted by Gasteiger charge is -2.23. The molecule has 0 fully saturated rings. The number of ether oxygens (including phenoxy) is 1. The predicted octanol–water partition coefficient (Wildman–Crippen LogP) is 3.34. The fourth-order valence-electron chi connectivity index (χ4n) is 2.23. The van der Waals surface area contributed by atoms with Crippen LogP contribution in [-0.4, -0.2) is 12.6 Å². The molecule has 0 aliphatic carbocycles. The van der Waals surface area contributed by atoms with E-state index in [0.29, 0.717) is 12.1 Å². The lowest BCUT2D eigenvalue weighted by molar-refractivity contribution is 0.120. The molecule has 2 heteroatoms. The normalized spacial score (nSPS) is 20.9. The maximum Gasteiger partial charge on any atom is 0.110 e. The third-order valence-electron chi connectivity index (χ3n) is 3.33. The number of rotatable bonds is 4. The SMILES string of the molecule is Cc1ccccc1C(C)NCC1CCC=CO1. The van der Waals surface area contributed by atoms with Gasteiger partial charge in [0, 0.05) is 12.6 Å². The van der Waals surface area contributed by atoms with Crippen LogP contribution in [0.15, 0.2) is 36.6 Å². The molecule has 17 heavy (non-hydrogen) atoms. The van der Waals surface area contributed by atoms with E-state index in [0.717, 1.165) is 19.4 Å². The van der Waals surface area contributed by atoms with Gasteiger partial charge in [-0.2, -0.15) is 0 Å². The molecule has 0 saturated heterocycles. The van der Waals surface area contributed by atoms with Crippen molar-refractivity contribution in [2.75, 3.05) is 6.54 Å². The lowest BCUT2D eigenvalue weighted by Crippen LogP contribution is -2.31. The summed E-state index contributed by atoms with van der Waals surface area (Å²) in [6.45, 7) is 5.29. The minimum absolute atomic E-state index is 0.325. The van der Waals surface area contributed by atoms with Crippen LogP contribution in [0.25, 0.3) is 0 Å².